The van der Waals surface area contributed by atoms with Crippen LogP contribution in [-0.4, -0.2) is 59.4 Å². The van der Waals surface area contributed by atoms with E-state index in [0.717, 1.165) is 22.4 Å². The standard InChI is InChI=1S/C23H27N5O3S/c1-18-7-8-22(19(2)15-18)32(30,31)28-13-11-26(12-14-28)23(29)25-16-20-5-3-4-6-21(20)27-10-9-24-17-27/h3-10,15,17H,11-14,16H2,1-2H3,(H,25,29). The average Bonchev–Trinajstić information content (AvgIpc) is 3.32. The molecular weight excluding hydrogens is 426 g/mol. The van der Waals surface area contributed by atoms with Crippen molar-refractivity contribution in [3.8, 4) is 5.69 Å². The lowest BCUT2D eigenvalue weighted by Crippen LogP contribution is -2.53. The van der Waals surface area contributed by atoms with Crippen LogP contribution in [0.25, 0.3) is 5.69 Å². The van der Waals surface area contributed by atoms with E-state index in [0.29, 0.717) is 24.5 Å². The molecule has 0 radical (unpaired) electrons. The van der Waals surface area contributed by atoms with Crippen LogP contribution in [0.15, 0.2) is 66.1 Å². The summed E-state index contributed by atoms with van der Waals surface area (Å²) in [6, 6.07) is 13.0. The van der Waals surface area contributed by atoms with E-state index in [1.54, 1.807) is 23.5 Å². The third kappa shape index (κ3) is 4.53. The second-order valence-electron chi connectivity index (χ2n) is 7.92. The van der Waals surface area contributed by atoms with Crippen molar-refractivity contribution in [3.63, 3.8) is 0 Å². The Morgan fingerprint density at radius 2 is 1.81 bits per heavy atom. The molecule has 3 aromatic rings. The molecule has 1 N–H and O–H groups in total. The van der Waals surface area contributed by atoms with Crippen molar-refractivity contribution >= 4 is 16.1 Å². The van der Waals surface area contributed by atoms with Gasteiger partial charge in [0.1, 0.15) is 0 Å². The summed E-state index contributed by atoms with van der Waals surface area (Å²) in [5.41, 5.74) is 3.68. The van der Waals surface area contributed by atoms with Crippen LogP contribution in [0.3, 0.4) is 0 Å². The van der Waals surface area contributed by atoms with Gasteiger partial charge in [0.2, 0.25) is 10.0 Å². The number of piperazine rings is 1. The van der Waals surface area contributed by atoms with Gasteiger partial charge >= 0.3 is 6.03 Å². The maximum Gasteiger partial charge on any atom is 0.317 e. The van der Waals surface area contributed by atoms with E-state index in [1.807, 2.05) is 61.0 Å². The van der Waals surface area contributed by atoms with Crippen LogP contribution in [0.1, 0.15) is 16.7 Å². The number of imidazole rings is 1. The quantitative estimate of drug-likeness (QED) is 0.644. The molecular formula is C23H27N5O3S. The summed E-state index contributed by atoms with van der Waals surface area (Å²) in [5, 5.41) is 2.96. The van der Waals surface area contributed by atoms with Gasteiger partial charge in [-0.25, -0.2) is 18.2 Å². The van der Waals surface area contributed by atoms with Gasteiger partial charge in [0.15, 0.2) is 0 Å². The van der Waals surface area contributed by atoms with Crippen molar-refractivity contribution < 1.29 is 13.2 Å². The van der Waals surface area contributed by atoms with Gasteiger partial charge < -0.3 is 14.8 Å². The molecule has 1 aliphatic heterocycles. The number of amides is 2. The van der Waals surface area contributed by atoms with Crippen molar-refractivity contribution in [1.82, 2.24) is 24.1 Å². The molecule has 2 amide bonds. The van der Waals surface area contributed by atoms with E-state index < -0.39 is 10.0 Å². The lowest BCUT2D eigenvalue weighted by atomic mass is 10.1. The molecule has 9 heteroatoms. The summed E-state index contributed by atoms with van der Waals surface area (Å²) in [6.07, 6.45) is 5.28. The van der Waals surface area contributed by atoms with Crippen molar-refractivity contribution in [2.45, 2.75) is 25.3 Å². The lowest BCUT2D eigenvalue weighted by Gasteiger charge is -2.34. The van der Waals surface area contributed by atoms with Crippen molar-refractivity contribution in [2.24, 2.45) is 0 Å². The second-order valence-corrected chi connectivity index (χ2v) is 9.82. The van der Waals surface area contributed by atoms with Crippen molar-refractivity contribution in [2.75, 3.05) is 26.2 Å². The summed E-state index contributed by atoms with van der Waals surface area (Å²) in [6.45, 7) is 5.36. The zero-order chi connectivity index (χ0) is 22.7. The summed E-state index contributed by atoms with van der Waals surface area (Å²) in [4.78, 5) is 18.8. The van der Waals surface area contributed by atoms with E-state index in [-0.39, 0.29) is 19.1 Å². The summed E-state index contributed by atoms with van der Waals surface area (Å²) < 4.78 is 29.5. The number of urea groups is 1. The molecule has 168 valence electrons. The molecule has 0 spiro atoms. The SMILES string of the molecule is Cc1ccc(S(=O)(=O)N2CCN(C(=O)NCc3ccccc3-n3ccnc3)CC2)c(C)c1. The van der Waals surface area contributed by atoms with E-state index in [9.17, 15) is 13.2 Å². The van der Waals surface area contributed by atoms with Gasteiger partial charge in [-0.05, 0) is 37.1 Å². The van der Waals surface area contributed by atoms with Crippen molar-refractivity contribution in [1.29, 1.82) is 0 Å². The third-order valence-electron chi connectivity index (χ3n) is 5.68. The fourth-order valence-corrected chi connectivity index (χ4v) is 5.58. The number of nitrogens with one attached hydrogen (secondary N) is 1. The van der Waals surface area contributed by atoms with Crippen LogP contribution in [0.5, 0.6) is 0 Å². The van der Waals surface area contributed by atoms with E-state index in [1.165, 1.54) is 4.31 Å². The summed E-state index contributed by atoms with van der Waals surface area (Å²) in [5.74, 6) is 0. The topological polar surface area (TPSA) is 87.5 Å². The first-order valence-corrected chi connectivity index (χ1v) is 12.0. The molecule has 1 aliphatic rings. The molecule has 0 atom stereocenters. The van der Waals surface area contributed by atoms with Gasteiger partial charge in [0.05, 0.1) is 16.9 Å². The van der Waals surface area contributed by atoms with Gasteiger partial charge in [-0.1, -0.05) is 35.9 Å². The Labute approximate surface area is 188 Å². The van der Waals surface area contributed by atoms with Crippen LogP contribution < -0.4 is 5.32 Å². The minimum atomic E-state index is -3.58. The Morgan fingerprint density at radius 1 is 1.06 bits per heavy atom. The fourth-order valence-electron chi connectivity index (χ4n) is 3.96. The largest absolute Gasteiger partial charge is 0.334 e. The number of sulfonamides is 1. The first-order chi connectivity index (χ1) is 15.4. The highest BCUT2D eigenvalue weighted by molar-refractivity contribution is 7.89. The Hall–Kier alpha value is -3.17. The van der Waals surface area contributed by atoms with Crippen LogP contribution in [0.4, 0.5) is 4.79 Å². The smallest absolute Gasteiger partial charge is 0.317 e. The maximum absolute atomic E-state index is 13.1. The van der Waals surface area contributed by atoms with Crippen LogP contribution >= 0.6 is 0 Å². The molecule has 0 aliphatic carbocycles. The van der Waals surface area contributed by atoms with E-state index >= 15 is 0 Å². The number of carbonyl (C=O) groups is 1. The normalized spacial score (nSPS) is 15.0. The van der Waals surface area contributed by atoms with E-state index in [2.05, 4.69) is 10.3 Å². The van der Waals surface area contributed by atoms with Gasteiger partial charge in [-0.15, -0.1) is 0 Å². The Kier molecular flexibility index (Phi) is 6.29. The monoisotopic (exact) mass is 453 g/mol. The van der Waals surface area contributed by atoms with Crippen molar-refractivity contribution in [3.05, 3.63) is 77.9 Å². The number of aryl methyl sites for hydroxylation is 2. The number of hydrogen-bond acceptors (Lipinski definition) is 4. The third-order valence-corrected chi connectivity index (χ3v) is 7.74. The number of hydrogen-bond donors (Lipinski definition) is 1. The molecule has 0 saturated carbocycles. The molecule has 0 unspecified atom stereocenters. The number of carbonyl (C=O) groups excluding carboxylic acids is 1. The lowest BCUT2D eigenvalue weighted by molar-refractivity contribution is 0.172. The van der Waals surface area contributed by atoms with Gasteiger partial charge in [0.25, 0.3) is 0 Å². The molecule has 2 aromatic carbocycles. The second kappa shape index (κ2) is 9.13. The van der Waals surface area contributed by atoms with Crippen LogP contribution in [-0.2, 0) is 16.6 Å². The number of rotatable bonds is 5. The predicted molar refractivity (Wildman–Crippen MR) is 122 cm³/mol. The van der Waals surface area contributed by atoms with Crippen LogP contribution in [0, 0.1) is 13.8 Å². The predicted octanol–water partition coefficient (Wildman–Crippen LogP) is 2.71. The molecule has 4 rings (SSSR count). The minimum absolute atomic E-state index is 0.200. The highest BCUT2D eigenvalue weighted by Gasteiger charge is 2.31. The Balaban J connectivity index is 1.36. The van der Waals surface area contributed by atoms with Gasteiger partial charge in [-0.2, -0.15) is 4.31 Å². The summed E-state index contributed by atoms with van der Waals surface area (Å²) >= 11 is 0. The van der Waals surface area contributed by atoms with Gasteiger partial charge in [0, 0.05) is 45.1 Å². The zero-order valence-corrected chi connectivity index (χ0v) is 19.0. The van der Waals surface area contributed by atoms with E-state index in [4.69, 9.17) is 0 Å². The van der Waals surface area contributed by atoms with Gasteiger partial charge in [-0.3, -0.25) is 0 Å². The molecule has 2 heterocycles. The molecule has 1 saturated heterocycles. The Bertz CT molecular complexity index is 1200. The number of para-hydroxylation sites is 1. The minimum Gasteiger partial charge on any atom is -0.334 e. The average molecular weight is 454 g/mol. The number of benzene rings is 2. The molecule has 8 nitrogen and oxygen atoms in total. The molecule has 1 aromatic heterocycles. The highest BCUT2D eigenvalue weighted by atomic mass is 32.2. The number of aromatic nitrogens is 2. The number of nitrogens with zero attached hydrogens (tertiary/aromatic N) is 4. The first-order valence-electron chi connectivity index (χ1n) is 10.5. The zero-order valence-electron chi connectivity index (χ0n) is 18.2. The Morgan fingerprint density at radius 3 is 2.50 bits per heavy atom. The summed E-state index contributed by atoms with van der Waals surface area (Å²) in [7, 11) is -3.58. The molecule has 1 fully saturated rings. The maximum atomic E-state index is 13.1. The fraction of sp³-hybridized carbons (Fsp3) is 0.304. The highest BCUT2D eigenvalue weighted by Crippen LogP contribution is 2.22. The molecule has 32 heavy (non-hydrogen) atoms. The first kappa shape index (κ1) is 22.0. The molecule has 0 bridgehead atoms. The van der Waals surface area contributed by atoms with Crippen LogP contribution in [0.2, 0.25) is 0 Å².